The van der Waals surface area contributed by atoms with E-state index in [0.717, 1.165) is 22.0 Å². The molecule has 0 saturated heterocycles. The number of carbonyl (C=O) groups excluding carboxylic acids is 1. The van der Waals surface area contributed by atoms with Crippen LogP contribution in [0.4, 0.5) is 0 Å². The van der Waals surface area contributed by atoms with Crippen molar-refractivity contribution in [2.75, 3.05) is 0 Å². The van der Waals surface area contributed by atoms with Gasteiger partial charge >= 0.3 is 0 Å². The van der Waals surface area contributed by atoms with Crippen molar-refractivity contribution in [1.82, 2.24) is 9.88 Å². The number of fused-ring (bicyclic) bond motifs is 1. The van der Waals surface area contributed by atoms with Crippen molar-refractivity contribution in [3.63, 3.8) is 0 Å². The van der Waals surface area contributed by atoms with Crippen molar-refractivity contribution in [1.29, 1.82) is 0 Å². The third-order valence-corrected chi connectivity index (χ3v) is 5.05. The predicted molar refractivity (Wildman–Crippen MR) is 106 cm³/mol. The maximum atomic E-state index is 13.2. The normalized spacial score (nSPS) is 10.8. The summed E-state index contributed by atoms with van der Waals surface area (Å²) in [5, 5.41) is 6.33. The van der Waals surface area contributed by atoms with E-state index in [9.17, 15) is 4.79 Å². The molecule has 0 saturated carbocycles. The zero-order chi connectivity index (χ0) is 17.8. The highest BCUT2D eigenvalue weighted by atomic mass is 32.1. The van der Waals surface area contributed by atoms with Gasteiger partial charge in [-0.15, -0.1) is 0 Å². The Kier molecular flexibility index (Phi) is 4.75. The minimum atomic E-state index is 0.0209. The van der Waals surface area contributed by atoms with Gasteiger partial charge < -0.3 is 4.90 Å². The number of hydrogen-bond acceptors (Lipinski definition) is 3. The van der Waals surface area contributed by atoms with Gasteiger partial charge in [0.2, 0.25) is 0 Å². The second kappa shape index (κ2) is 7.50. The molecule has 3 nitrogen and oxygen atoms in total. The number of hydrogen-bond donors (Lipinski definition) is 0. The number of nitrogens with zero attached hydrogens (tertiary/aromatic N) is 2. The number of carbonyl (C=O) groups is 1. The average Bonchev–Trinajstić information content (AvgIpc) is 3.20. The van der Waals surface area contributed by atoms with Gasteiger partial charge in [0.15, 0.2) is 0 Å². The molecule has 1 amide bonds. The molecule has 26 heavy (non-hydrogen) atoms. The molecule has 4 heteroatoms. The molecule has 0 aliphatic rings. The predicted octanol–water partition coefficient (Wildman–Crippen LogP) is 5.14. The van der Waals surface area contributed by atoms with Crippen LogP contribution in [0.1, 0.15) is 21.6 Å². The number of pyridine rings is 1. The van der Waals surface area contributed by atoms with E-state index in [1.165, 1.54) is 0 Å². The Morgan fingerprint density at radius 2 is 1.77 bits per heavy atom. The first kappa shape index (κ1) is 16.5. The van der Waals surface area contributed by atoms with Crippen molar-refractivity contribution in [3.05, 3.63) is 101 Å². The lowest BCUT2D eigenvalue weighted by Crippen LogP contribution is -2.30. The van der Waals surface area contributed by atoms with E-state index in [4.69, 9.17) is 0 Å². The Hall–Kier alpha value is -2.98. The van der Waals surface area contributed by atoms with Crippen LogP contribution in [-0.2, 0) is 13.1 Å². The lowest BCUT2D eigenvalue weighted by Gasteiger charge is -2.22. The summed E-state index contributed by atoms with van der Waals surface area (Å²) < 4.78 is 0. The van der Waals surface area contributed by atoms with Crippen molar-refractivity contribution in [2.45, 2.75) is 13.1 Å². The highest BCUT2D eigenvalue weighted by Gasteiger charge is 2.18. The van der Waals surface area contributed by atoms with Crippen LogP contribution in [0.25, 0.3) is 10.8 Å². The van der Waals surface area contributed by atoms with Crippen LogP contribution in [0.5, 0.6) is 0 Å². The number of rotatable bonds is 5. The van der Waals surface area contributed by atoms with Gasteiger partial charge in [0.05, 0.1) is 12.2 Å². The average molecular weight is 358 g/mol. The SMILES string of the molecule is O=C(c1ccc2ccccc2c1)N(Cc1ccsc1)Cc1ccccn1. The molecule has 0 aliphatic heterocycles. The summed E-state index contributed by atoms with van der Waals surface area (Å²) in [7, 11) is 0. The van der Waals surface area contributed by atoms with E-state index in [-0.39, 0.29) is 5.91 Å². The summed E-state index contributed by atoms with van der Waals surface area (Å²) in [6.07, 6.45) is 1.76. The van der Waals surface area contributed by atoms with E-state index in [0.29, 0.717) is 18.7 Å². The molecule has 0 spiro atoms. The molecule has 0 radical (unpaired) electrons. The zero-order valence-electron chi connectivity index (χ0n) is 14.2. The summed E-state index contributed by atoms with van der Waals surface area (Å²) >= 11 is 1.64. The molecule has 0 aliphatic carbocycles. The van der Waals surface area contributed by atoms with Crippen LogP contribution in [-0.4, -0.2) is 15.8 Å². The minimum Gasteiger partial charge on any atom is -0.328 e. The smallest absolute Gasteiger partial charge is 0.254 e. The third-order valence-electron chi connectivity index (χ3n) is 4.32. The highest BCUT2D eigenvalue weighted by Crippen LogP contribution is 2.19. The first-order chi connectivity index (χ1) is 12.8. The lowest BCUT2D eigenvalue weighted by atomic mass is 10.1. The summed E-state index contributed by atoms with van der Waals surface area (Å²) in [5.41, 5.74) is 2.73. The van der Waals surface area contributed by atoms with Crippen LogP contribution in [0.15, 0.2) is 83.7 Å². The number of aromatic nitrogens is 1. The van der Waals surface area contributed by atoms with Gasteiger partial charge in [0, 0.05) is 18.3 Å². The van der Waals surface area contributed by atoms with Gasteiger partial charge in [0.1, 0.15) is 0 Å². The van der Waals surface area contributed by atoms with Crippen LogP contribution in [0.3, 0.4) is 0 Å². The molecule has 4 aromatic rings. The maximum Gasteiger partial charge on any atom is 0.254 e. The summed E-state index contributed by atoms with van der Waals surface area (Å²) in [5.74, 6) is 0.0209. The van der Waals surface area contributed by atoms with Crippen molar-refractivity contribution >= 4 is 28.0 Å². The van der Waals surface area contributed by atoms with Crippen LogP contribution in [0.2, 0.25) is 0 Å². The Morgan fingerprint density at radius 3 is 2.54 bits per heavy atom. The molecule has 0 unspecified atom stereocenters. The standard InChI is InChI=1S/C22H18N2OS/c25-22(20-9-8-18-5-1-2-6-19(18)13-20)24(14-17-10-12-26-16-17)15-21-7-3-4-11-23-21/h1-13,16H,14-15H2. The Morgan fingerprint density at radius 1 is 0.923 bits per heavy atom. The third kappa shape index (κ3) is 3.65. The van der Waals surface area contributed by atoms with E-state index >= 15 is 0 Å². The van der Waals surface area contributed by atoms with Crippen molar-refractivity contribution < 1.29 is 4.79 Å². The monoisotopic (exact) mass is 358 g/mol. The summed E-state index contributed by atoms with van der Waals surface area (Å²) in [4.78, 5) is 19.5. The fourth-order valence-corrected chi connectivity index (χ4v) is 3.65. The first-order valence-corrected chi connectivity index (χ1v) is 9.43. The van der Waals surface area contributed by atoms with Gasteiger partial charge in [-0.05, 0) is 57.4 Å². The minimum absolute atomic E-state index is 0.0209. The fraction of sp³-hybridized carbons (Fsp3) is 0.0909. The molecule has 0 fully saturated rings. The van der Waals surface area contributed by atoms with Gasteiger partial charge in [-0.1, -0.05) is 36.4 Å². The summed E-state index contributed by atoms with van der Waals surface area (Å²) in [6, 6.07) is 21.8. The Labute approximate surface area is 156 Å². The van der Waals surface area contributed by atoms with Crippen LogP contribution >= 0.6 is 11.3 Å². The number of thiophene rings is 1. The van der Waals surface area contributed by atoms with Crippen molar-refractivity contribution in [2.24, 2.45) is 0 Å². The lowest BCUT2D eigenvalue weighted by molar-refractivity contribution is 0.0728. The highest BCUT2D eigenvalue weighted by molar-refractivity contribution is 7.07. The summed E-state index contributed by atoms with van der Waals surface area (Å²) in [6.45, 7) is 1.06. The van der Waals surface area contributed by atoms with E-state index < -0.39 is 0 Å². The molecular formula is C22H18N2OS. The largest absolute Gasteiger partial charge is 0.328 e. The maximum absolute atomic E-state index is 13.2. The topological polar surface area (TPSA) is 33.2 Å². The van der Waals surface area contributed by atoms with E-state index in [1.54, 1.807) is 17.5 Å². The molecule has 0 bridgehead atoms. The molecule has 2 heterocycles. The number of amides is 1. The van der Waals surface area contributed by atoms with Gasteiger partial charge in [-0.3, -0.25) is 9.78 Å². The van der Waals surface area contributed by atoms with Crippen LogP contribution < -0.4 is 0 Å². The van der Waals surface area contributed by atoms with E-state index in [2.05, 4.69) is 22.5 Å². The molecule has 2 aromatic heterocycles. The molecule has 128 valence electrons. The number of benzene rings is 2. The van der Waals surface area contributed by atoms with Gasteiger partial charge in [-0.2, -0.15) is 11.3 Å². The molecule has 0 N–H and O–H groups in total. The van der Waals surface area contributed by atoms with Crippen LogP contribution in [0, 0.1) is 0 Å². The van der Waals surface area contributed by atoms with Crippen molar-refractivity contribution in [3.8, 4) is 0 Å². The van der Waals surface area contributed by atoms with E-state index in [1.807, 2.05) is 64.9 Å². The molecular weight excluding hydrogens is 340 g/mol. The van der Waals surface area contributed by atoms with Gasteiger partial charge in [-0.25, -0.2) is 0 Å². The second-order valence-electron chi connectivity index (χ2n) is 6.18. The molecule has 4 rings (SSSR count). The first-order valence-electron chi connectivity index (χ1n) is 8.49. The van der Waals surface area contributed by atoms with Gasteiger partial charge in [0.25, 0.3) is 5.91 Å². The zero-order valence-corrected chi connectivity index (χ0v) is 15.0. The second-order valence-corrected chi connectivity index (χ2v) is 6.96. The molecule has 0 atom stereocenters. The Bertz CT molecular complexity index is 1010. The Balaban J connectivity index is 1.65. The molecule has 2 aromatic carbocycles. The quantitative estimate of drug-likeness (QED) is 0.495. The fourth-order valence-electron chi connectivity index (χ4n) is 2.99.